The number of H-pyrrole nitrogens is 1. The number of aryl methyl sites for hydroxylation is 1. The van der Waals surface area contributed by atoms with Crippen LogP contribution in [0.15, 0.2) is 41.2 Å². The van der Waals surface area contributed by atoms with Gasteiger partial charge in [0.05, 0.1) is 4.88 Å². The largest absolute Gasteiger partial charge is 0.493 e. The summed E-state index contributed by atoms with van der Waals surface area (Å²) in [6.07, 6.45) is 0. The zero-order chi connectivity index (χ0) is 15.0. The van der Waals surface area contributed by atoms with Gasteiger partial charge in [-0.1, -0.05) is 23.7 Å². The molecule has 6 heteroatoms. The molecule has 0 atom stereocenters. The lowest BCUT2D eigenvalue weighted by molar-refractivity contribution is 0.454. The first-order valence-electron chi connectivity index (χ1n) is 6.20. The minimum absolute atomic E-state index is 0.120. The molecule has 3 aromatic rings. The van der Waals surface area contributed by atoms with Crippen molar-refractivity contribution in [3.05, 3.63) is 56.7 Å². The summed E-state index contributed by atoms with van der Waals surface area (Å²) < 4.78 is 0. The molecule has 2 N–H and O–H groups in total. The van der Waals surface area contributed by atoms with Gasteiger partial charge in [0.1, 0.15) is 5.56 Å². The Balaban J connectivity index is 2.15. The smallest absolute Gasteiger partial charge is 0.262 e. The van der Waals surface area contributed by atoms with E-state index in [0.717, 1.165) is 9.75 Å². The van der Waals surface area contributed by atoms with Crippen molar-refractivity contribution < 1.29 is 5.11 Å². The fraction of sp³-hybridized carbons (Fsp3) is 0.0667. The highest BCUT2D eigenvalue weighted by atomic mass is 35.5. The number of aromatic amines is 1. The Bertz CT molecular complexity index is 870. The zero-order valence-corrected chi connectivity index (χ0v) is 12.6. The van der Waals surface area contributed by atoms with Gasteiger partial charge in [0.15, 0.2) is 5.82 Å². The molecule has 0 aliphatic heterocycles. The minimum Gasteiger partial charge on any atom is -0.493 e. The molecule has 0 bridgehead atoms. The average molecular weight is 319 g/mol. The van der Waals surface area contributed by atoms with Crippen LogP contribution in [0.1, 0.15) is 4.88 Å². The second-order valence-electron chi connectivity index (χ2n) is 4.53. The van der Waals surface area contributed by atoms with Crippen molar-refractivity contribution in [1.82, 2.24) is 9.97 Å². The van der Waals surface area contributed by atoms with E-state index in [0.29, 0.717) is 16.4 Å². The minimum atomic E-state index is -0.397. The molecule has 106 valence electrons. The van der Waals surface area contributed by atoms with Gasteiger partial charge in [0.2, 0.25) is 5.88 Å². The number of benzene rings is 1. The van der Waals surface area contributed by atoms with Crippen molar-refractivity contribution in [1.29, 1.82) is 0 Å². The molecule has 0 aliphatic rings. The van der Waals surface area contributed by atoms with E-state index in [-0.39, 0.29) is 11.4 Å². The SMILES string of the molecule is Cc1ccc(-c2nc(O)c(-c3cccc(Cl)c3)c(=O)[nH]2)s1. The molecule has 0 saturated carbocycles. The van der Waals surface area contributed by atoms with E-state index in [1.54, 1.807) is 24.3 Å². The maximum Gasteiger partial charge on any atom is 0.262 e. The summed E-state index contributed by atoms with van der Waals surface area (Å²) in [6, 6.07) is 10.5. The number of thiophene rings is 1. The number of hydrogen-bond acceptors (Lipinski definition) is 4. The quantitative estimate of drug-likeness (QED) is 0.754. The zero-order valence-electron chi connectivity index (χ0n) is 11.1. The van der Waals surface area contributed by atoms with Crippen LogP contribution in [0.4, 0.5) is 0 Å². The maximum atomic E-state index is 12.3. The van der Waals surface area contributed by atoms with Gasteiger partial charge in [-0.25, -0.2) is 0 Å². The van der Waals surface area contributed by atoms with Gasteiger partial charge < -0.3 is 10.1 Å². The predicted molar refractivity (Wildman–Crippen MR) is 85.0 cm³/mol. The molecule has 2 heterocycles. The van der Waals surface area contributed by atoms with E-state index in [1.807, 2.05) is 19.1 Å². The highest BCUT2D eigenvalue weighted by molar-refractivity contribution is 7.15. The fourth-order valence-electron chi connectivity index (χ4n) is 2.04. The third kappa shape index (κ3) is 2.70. The van der Waals surface area contributed by atoms with Gasteiger partial charge in [0, 0.05) is 9.90 Å². The van der Waals surface area contributed by atoms with Gasteiger partial charge >= 0.3 is 0 Å². The van der Waals surface area contributed by atoms with Gasteiger partial charge in [-0.2, -0.15) is 4.98 Å². The van der Waals surface area contributed by atoms with Crippen LogP contribution in [-0.4, -0.2) is 15.1 Å². The summed E-state index contributed by atoms with van der Waals surface area (Å²) in [6.45, 7) is 1.96. The summed E-state index contributed by atoms with van der Waals surface area (Å²) in [5, 5.41) is 10.6. The predicted octanol–water partition coefficient (Wildman–Crippen LogP) is 3.83. The highest BCUT2D eigenvalue weighted by Crippen LogP contribution is 2.29. The molecule has 0 unspecified atom stereocenters. The van der Waals surface area contributed by atoms with Gasteiger partial charge in [-0.15, -0.1) is 11.3 Å². The molecule has 1 aromatic carbocycles. The second kappa shape index (κ2) is 5.35. The average Bonchev–Trinajstić information content (AvgIpc) is 2.85. The summed E-state index contributed by atoms with van der Waals surface area (Å²) in [7, 11) is 0. The molecule has 0 saturated heterocycles. The third-order valence-electron chi connectivity index (χ3n) is 2.99. The third-order valence-corrected chi connectivity index (χ3v) is 4.23. The van der Waals surface area contributed by atoms with Crippen molar-refractivity contribution in [2.75, 3.05) is 0 Å². The number of halogens is 1. The number of aromatic nitrogens is 2. The Hall–Kier alpha value is -2.11. The molecule has 0 radical (unpaired) electrons. The molecule has 0 aliphatic carbocycles. The van der Waals surface area contributed by atoms with E-state index >= 15 is 0 Å². The van der Waals surface area contributed by atoms with Crippen molar-refractivity contribution in [3.63, 3.8) is 0 Å². The number of aromatic hydroxyl groups is 1. The van der Waals surface area contributed by atoms with E-state index < -0.39 is 5.56 Å². The van der Waals surface area contributed by atoms with Crippen LogP contribution >= 0.6 is 22.9 Å². The summed E-state index contributed by atoms with van der Waals surface area (Å²) in [4.78, 5) is 21.0. The first kappa shape index (κ1) is 13.9. The first-order chi connectivity index (χ1) is 10.0. The van der Waals surface area contributed by atoms with E-state index in [4.69, 9.17) is 11.6 Å². The summed E-state index contributed by atoms with van der Waals surface area (Å²) in [5.74, 6) is 0.0587. The van der Waals surface area contributed by atoms with Crippen molar-refractivity contribution in [2.24, 2.45) is 0 Å². The van der Waals surface area contributed by atoms with E-state index in [1.165, 1.54) is 11.3 Å². The lowest BCUT2D eigenvalue weighted by Gasteiger charge is -2.05. The molecular formula is C15H11ClN2O2S. The van der Waals surface area contributed by atoms with Crippen LogP contribution in [0.25, 0.3) is 21.8 Å². The molecule has 0 amide bonds. The molecule has 0 fully saturated rings. The highest BCUT2D eigenvalue weighted by Gasteiger charge is 2.14. The Morgan fingerprint density at radius 1 is 1.29 bits per heavy atom. The number of hydrogen-bond donors (Lipinski definition) is 2. The van der Waals surface area contributed by atoms with Crippen molar-refractivity contribution in [2.45, 2.75) is 6.92 Å². The van der Waals surface area contributed by atoms with E-state index in [2.05, 4.69) is 9.97 Å². The van der Waals surface area contributed by atoms with Crippen LogP contribution in [-0.2, 0) is 0 Å². The maximum absolute atomic E-state index is 12.3. The topological polar surface area (TPSA) is 66.0 Å². The number of rotatable bonds is 2. The molecule has 0 spiro atoms. The fourth-order valence-corrected chi connectivity index (χ4v) is 3.05. The molecule has 3 rings (SSSR count). The van der Waals surface area contributed by atoms with Crippen LogP contribution in [0, 0.1) is 6.92 Å². The lowest BCUT2D eigenvalue weighted by Crippen LogP contribution is -2.11. The molecule has 2 aromatic heterocycles. The normalized spacial score (nSPS) is 10.8. The Morgan fingerprint density at radius 2 is 2.10 bits per heavy atom. The Labute approximate surface area is 129 Å². The standard InChI is InChI=1S/C15H11ClN2O2S/c1-8-5-6-11(21-8)13-17-14(19)12(15(20)18-13)9-3-2-4-10(16)7-9/h2-7H,1H3,(H2,17,18,19,20). The van der Waals surface area contributed by atoms with E-state index in [9.17, 15) is 9.90 Å². The van der Waals surface area contributed by atoms with Gasteiger partial charge in [0.25, 0.3) is 5.56 Å². The summed E-state index contributed by atoms with van der Waals surface area (Å²) in [5.41, 5.74) is 0.253. The van der Waals surface area contributed by atoms with Gasteiger partial charge in [-0.05, 0) is 36.8 Å². The van der Waals surface area contributed by atoms with Crippen LogP contribution < -0.4 is 5.56 Å². The molecule has 4 nitrogen and oxygen atoms in total. The molecular weight excluding hydrogens is 308 g/mol. The second-order valence-corrected chi connectivity index (χ2v) is 6.26. The van der Waals surface area contributed by atoms with Crippen LogP contribution in [0.3, 0.4) is 0 Å². The Morgan fingerprint density at radius 3 is 2.71 bits per heavy atom. The number of nitrogens with zero attached hydrogens (tertiary/aromatic N) is 1. The van der Waals surface area contributed by atoms with Gasteiger partial charge in [-0.3, -0.25) is 4.79 Å². The first-order valence-corrected chi connectivity index (χ1v) is 7.40. The monoisotopic (exact) mass is 318 g/mol. The van der Waals surface area contributed by atoms with Crippen LogP contribution in [0.5, 0.6) is 5.88 Å². The molecule has 21 heavy (non-hydrogen) atoms. The lowest BCUT2D eigenvalue weighted by atomic mass is 10.1. The van der Waals surface area contributed by atoms with Crippen LogP contribution in [0.2, 0.25) is 5.02 Å². The number of nitrogens with one attached hydrogen (secondary N) is 1. The van der Waals surface area contributed by atoms with Crippen molar-refractivity contribution >= 4 is 22.9 Å². The summed E-state index contributed by atoms with van der Waals surface area (Å²) >= 11 is 7.41. The Kier molecular flexibility index (Phi) is 3.53. The van der Waals surface area contributed by atoms with Crippen molar-refractivity contribution in [3.8, 4) is 27.7 Å².